The molecular formula is C21H25Cl2NO5. The lowest BCUT2D eigenvalue weighted by atomic mass is 9.80. The van der Waals surface area contributed by atoms with Gasteiger partial charge in [0.2, 0.25) is 0 Å². The molecule has 0 fully saturated rings. The van der Waals surface area contributed by atoms with Crippen LogP contribution in [0.1, 0.15) is 45.1 Å². The molecular weight excluding hydrogens is 417 g/mol. The van der Waals surface area contributed by atoms with E-state index in [1.807, 2.05) is 0 Å². The zero-order valence-corrected chi connectivity index (χ0v) is 18.2. The lowest BCUT2D eigenvalue weighted by molar-refractivity contribution is -0.141. The van der Waals surface area contributed by atoms with Gasteiger partial charge in [-0.25, -0.2) is 9.59 Å². The van der Waals surface area contributed by atoms with Crippen LogP contribution in [0.3, 0.4) is 0 Å². The van der Waals surface area contributed by atoms with E-state index in [2.05, 4.69) is 12.2 Å². The minimum Gasteiger partial charge on any atom is -0.478 e. The first-order valence-corrected chi connectivity index (χ1v) is 10.2. The van der Waals surface area contributed by atoms with Gasteiger partial charge in [0, 0.05) is 18.0 Å². The SMILES string of the molecule is CCCCOCCOC(=O)C1=C(C)NC(C)=C(C(=O)O)[C@H]1c1cccc(Cl)c1Cl. The third-order valence-electron chi connectivity index (χ3n) is 4.61. The van der Waals surface area contributed by atoms with Crippen LogP contribution in [0.25, 0.3) is 0 Å². The smallest absolute Gasteiger partial charge is 0.336 e. The topological polar surface area (TPSA) is 84.9 Å². The highest BCUT2D eigenvalue weighted by atomic mass is 35.5. The van der Waals surface area contributed by atoms with E-state index >= 15 is 0 Å². The third-order valence-corrected chi connectivity index (χ3v) is 5.44. The van der Waals surface area contributed by atoms with Crippen molar-refractivity contribution in [3.8, 4) is 0 Å². The number of unbranched alkanes of at least 4 members (excludes halogenated alkanes) is 1. The maximum absolute atomic E-state index is 12.9. The van der Waals surface area contributed by atoms with Gasteiger partial charge in [-0.3, -0.25) is 0 Å². The summed E-state index contributed by atoms with van der Waals surface area (Å²) in [7, 11) is 0. The number of carbonyl (C=O) groups excluding carboxylic acids is 1. The molecule has 1 aliphatic rings. The Labute approximate surface area is 180 Å². The predicted octanol–water partition coefficient (Wildman–Crippen LogP) is 4.67. The predicted molar refractivity (Wildman–Crippen MR) is 112 cm³/mol. The molecule has 0 unspecified atom stereocenters. The minimum atomic E-state index is -1.16. The van der Waals surface area contributed by atoms with Crippen LogP contribution in [-0.4, -0.2) is 36.9 Å². The molecule has 6 nitrogen and oxygen atoms in total. The molecule has 8 heteroatoms. The lowest BCUT2D eigenvalue weighted by Gasteiger charge is -2.30. The molecule has 158 valence electrons. The zero-order chi connectivity index (χ0) is 21.6. The fourth-order valence-electron chi connectivity index (χ4n) is 3.22. The summed E-state index contributed by atoms with van der Waals surface area (Å²) < 4.78 is 10.8. The number of halogens is 2. The molecule has 1 atom stereocenters. The summed E-state index contributed by atoms with van der Waals surface area (Å²) in [6, 6.07) is 4.93. The normalized spacial score (nSPS) is 16.7. The number of dihydropyridines is 1. The molecule has 1 aromatic rings. The van der Waals surface area contributed by atoms with Crippen molar-refractivity contribution in [2.24, 2.45) is 0 Å². The second-order valence-corrected chi connectivity index (χ2v) is 7.47. The number of carboxylic acid groups (broad SMARTS) is 1. The van der Waals surface area contributed by atoms with Crippen molar-refractivity contribution in [1.82, 2.24) is 5.32 Å². The molecule has 29 heavy (non-hydrogen) atoms. The molecule has 1 aliphatic heterocycles. The number of carboxylic acids is 1. The average Bonchev–Trinajstić information content (AvgIpc) is 2.65. The Morgan fingerprint density at radius 2 is 1.79 bits per heavy atom. The Morgan fingerprint density at radius 3 is 2.45 bits per heavy atom. The molecule has 0 aromatic heterocycles. The molecule has 0 amide bonds. The van der Waals surface area contributed by atoms with Crippen LogP contribution < -0.4 is 5.32 Å². The van der Waals surface area contributed by atoms with E-state index in [4.69, 9.17) is 32.7 Å². The molecule has 1 heterocycles. The number of carbonyl (C=O) groups is 2. The molecule has 0 bridgehead atoms. The second-order valence-electron chi connectivity index (χ2n) is 6.69. The second kappa shape index (κ2) is 10.7. The first-order valence-electron chi connectivity index (χ1n) is 9.40. The molecule has 2 N–H and O–H groups in total. The van der Waals surface area contributed by atoms with Gasteiger partial charge in [0.1, 0.15) is 6.61 Å². The van der Waals surface area contributed by atoms with Crippen LogP contribution in [0.15, 0.2) is 40.7 Å². The van der Waals surface area contributed by atoms with Crippen molar-refractivity contribution in [3.05, 3.63) is 56.3 Å². The standard InChI is InChI=1S/C21H25Cl2NO5/c1-4-5-9-28-10-11-29-21(27)17-13(3)24-12(2)16(20(25)26)18(17)14-7-6-8-15(22)19(14)23/h6-8,18,24H,4-5,9-11H2,1-3H3,(H,25,26)/t18-/m1/s1. The van der Waals surface area contributed by atoms with Gasteiger partial charge < -0.3 is 19.9 Å². The van der Waals surface area contributed by atoms with Gasteiger partial charge in [-0.2, -0.15) is 0 Å². The highest BCUT2D eigenvalue weighted by molar-refractivity contribution is 6.42. The van der Waals surface area contributed by atoms with Crippen LogP contribution in [0, 0.1) is 0 Å². The van der Waals surface area contributed by atoms with E-state index in [0.29, 0.717) is 23.6 Å². The number of aliphatic carboxylic acids is 1. The summed E-state index contributed by atoms with van der Waals surface area (Å²) in [6.07, 6.45) is 1.95. The van der Waals surface area contributed by atoms with Gasteiger partial charge in [0.15, 0.2) is 0 Å². The Kier molecular flexibility index (Phi) is 8.56. The number of esters is 1. The maximum atomic E-state index is 12.9. The molecule has 0 spiro atoms. The van der Waals surface area contributed by atoms with E-state index < -0.39 is 17.9 Å². The number of allylic oxidation sites excluding steroid dienone is 2. The molecule has 0 aliphatic carbocycles. The van der Waals surface area contributed by atoms with E-state index in [1.165, 1.54) is 0 Å². The van der Waals surface area contributed by atoms with Crippen LogP contribution in [0.5, 0.6) is 0 Å². The molecule has 0 radical (unpaired) electrons. The minimum absolute atomic E-state index is 0.0194. The number of benzene rings is 1. The van der Waals surface area contributed by atoms with Crippen molar-refractivity contribution in [2.75, 3.05) is 19.8 Å². The summed E-state index contributed by atoms with van der Waals surface area (Å²) in [6.45, 7) is 6.34. The van der Waals surface area contributed by atoms with Crippen LogP contribution >= 0.6 is 23.2 Å². The summed E-state index contributed by atoms with van der Waals surface area (Å²) in [4.78, 5) is 24.9. The van der Waals surface area contributed by atoms with Crippen molar-refractivity contribution < 1.29 is 24.2 Å². The van der Waals surface area contributed by atoms with Crippen LogP contribution in [0.4, 0.5) is 0 Å². The number of nitrogens with one attached hydrogen (secondary N) is 1. The van der Waals surface area contributed by atoms with E-state index in [9.17, 15) is 14.7 Å². The monoisotopic (exact) mass is 441 g/mol. The van der Waals surface area contributed by atoms with Crippen LogP contribution in [0.2, 0.25) is 10.0 Å². The summed E-state index contributed by atoms with van der Waals surface area (Å²) in [5, 5.41) is 13.3. The Hall–Kier alpha value is -2.02. The Balaban J connectivity index is 2.35. The first kappa shape index (κ1) is 23.3. The average molecular weight is 442 g/mol. The quantitative estimate of drug-likeness (QED) is 0.427. The van der Waals surface area contributed by atoms with E-state index in [-0.39, 0.29) is 34.4 Å². The zero-order valence-electron chi connectivity index (χ0n) is 16.7. The fraction of sp³-hybridized carbons (Fsp3) is 0.429. The summed E-state index contributed by atoms with van der Waals surface area (Å²) in [5.74, 6) is -2.69. The molecule has 0 saturated carbocycles. The number of hydrogen-bond acceptors (Lipinski definition) is 5. The van der Waals surface area contributed by atoms with Gasteiger partial charge in [0.05, 0.1) is 33.7 Å². The van der Waals surface area contributed by atoms with Crippen LogP contribution in [-0.2, 0) is 19.1 Å². The first-order chi connectivity index (χ1) is 13.8. The number of ether oxygens (including phenoxy) is 2. The van der Waals surface area contributed by atoms with Gasteiger partial charge in [-0.1, -0.05) is 48.7 Å². The highest BCUT2D eigenvalue weighted by Gasteiger charge is 2.38. The molecule has 0 saturated heterocycles. The third kappa shape index (κ3) is 5.53. The summed E-state index contributed by atoms with van der Waals surface area (Å²) >= 11 is 12.5. The largest absolute Gasteiger partial charge is 0.478 e. The van der Waals surface area contributed by atoms with E-state index in [1.54, 1.807) is 32.0 Å². The lowest BCUT2D eigenvalue weighted by Crippen LogP contribution is -2.32. The van der Waals surface area contributed by atoms with Crippen molar-refractivity contribution in [2.45, 2.75) is 39.5 Å². The maximum Gasteiger partial charge on any atom is 0.336 e. The van der Waals surface area contributed by atoms with Gasteiger partial charge in [0.25, 0.3) is 0 Å². The fourth-order valence-corrected chi connectivity index (χ4v) is 3.64. The molecule has 2 rings (SSSR count). The van der Waals surface area contributed by atoms with Crippen molar-refractivity contribution in [3.63, 3.8) is 0 Å². The molecule has 1 aromatic carbocycles. The van der Waals surface area contributed by atoms with Gasteiger partial charge in [-0.15, -0.1) is 0 Å². The number of hydrogen-bond donors (Lipinski definition) is 2. The van der Waals surface area contributed by atoms with E-state index in [0.717, 1.165) is 12.8 Å². The Bertz CT molecular complexity index is 847. The summed E-state index contributed by atoms with van der Waals surface area (Å²) in [5.41, 5.74) is 1.57. The highest BCUT2D eigenvalue weighted by Crippen LogP contribution is 2.43. The van der Waals surface area contributed by atoms with Crippen molar-refractivity contribution in [1.29, 1.82) is 0 Å². The van der Waals surface area contributed by atoms with Crippen molar-refractivity contribution >= 4 is 35.1 Å². The van der Waals surface area contributed by atoms with Gasteiger partial charge in [-0.05, 0) is 31.9 Å². The number of rotatable bonds is 9. The Morgan fingerprint density at radius 1 is 1.10 bits per heavy atom. The van der Waals surface area contributed by atoms with Gasteiger partial charge >= 0.3 is 11.9 Å².